The summed E-state index contributed by atoms with van der Waals surface area (Å²) in [6, 6.07) is 1.82. The zero-order valence-corrected chi connectivity index (χ0v) is 14.2. The number of hydrogen-bond donors (Lipinski definition) is 1. The molecule has 2 aromatic heterocycles. The second kappa shape index (κ2) is 6.47. The van der Waals surface area contributed by atoms with Gasteiger partial charge in [0, 0.05) is 18.0 Å². The van der Waals surface area contributed by atoms with Crippen molar-refractivity contribution in [2.24, 2.45) is 5.92 Å². The molecule has 1 N–H and O–H groups in total. The van der Waals surface area contributed by atoms with Crippen molar-refractivity contribution in [1.29, 1.82) is 0 Å². The number of carbonyl (C=O) groups excluding carboxylic acids is 1. The summed E-state index contributed by atoms with van der Waals surface area (Å²) in [7, 11) is -3.05. The van der Waals surface area contributed by atoms with Crippen LogP contribution in [0.2, 0.25) is 0 Å². The molecule has 0 bridgehead atoms. The molecule has 1 fully saturated rings. The first-order chi connectivity index (χ1) is 10.5. The van der Waals surface area contributed by atoms with E-state index >= 15 is 0 Å². The Morgan fingerprint density at radius 3 is 2.91 bits per heavy atom. The van der Waals surface area contributed by atoms with Crippen LogP contribution in [-0.4, -0.2) is 30.8 Å². The maximum atomic E-state index is 12.4. The summed E-state index contributed by atoms with van der Waals surface area (Å²) in [5.41, 5.74) is 1.14. The second-order valence-electron chi connectivity index (χ2n) is 5.37. The number of carbonyl (C=O) groups is 1. The minimum absolute atomic E-state index is 0.0398. The van der Waals surface area contributed by atoms with Crippen LogP contribution in [0.15, 0.2) is 28.4 Å². The van der Waals surface area contributed by atoms with E-state index in [1.165, 1.54) is 11.3 Å². The molecule has 0 aliphatic carbocycles. The zero-order chi connectivity index (χ0) is 15.6. The third kappa shape index (κ3) is 3.74. The number of nitrogens with zero attached hydrogens (tertiary/aromatic N) is 1. The number of nitrogens with one attached hydrogen (secondary N) is 1. The molecule has 1 aliphatic heterocycles. The summed E-state index contributed by atoms with van der Waals surface area (Å²) in [5, 5.41) is 9.76. The third-order valence-electron chi connectivity index (χ3n) is 3.69. The molecule has 2 aromatic rings. The van der Waals surface area contributed by atoms with E-state index in [0.29, 0.717) is 12.8 Å². The highest BCUT2D eigenvalue weighted by Gasteiger charge is 2.34. The SMILES string of the molecule is O=C(N[C@@H](Cc1ccsc1)c1nccs1)[C@H]1CCS(=O)(=O)C1. The van der Waals surface area contributed by atoms with Crippen molar-refractivity contribution in [3.8, 4) is 0 Å². The fourth-order valence-corrected chi connectivity index (χ4v) is 5.65. The third-order valence-corrected chi connectivity index (χ3v) is 7.08. The van der Waals surface area contributed by atoms with Crippen LogP contribution in [0.5, 0.6) is 0 Å². The topological polar surface area (TPSA) is 76.1 Å². The zero-order valence-electron chi connectivity index (χ0n) is 11.8. The predicted octanol–water partition coefficient (Wildman–Crippen LogP) is 2.04. The maximum Gasteiger partial charge on any atom is 0.224 e. The molecular formula is C14H16N2O3S3. The fourth-order valence-electron chi connectivity index (χ4n) is 2.54. The van der Waals surface area contributed by atoms with E-state index in [1.54, 1.807) is 17.5 Å². The quantitative estimate of drug-likeness (QED) is 0.889. The molecule has 1 saturated heterocycles. The lowest BCUT2D eigenvalue weighted by Crippen LogP contribution is -2.35. The number of hydrogen-bond acceptors (Lipinski definition) is 6. The number of thiazole rings is 1. The standard InChI is InChI=1S/C14H16N2O3S3/c17-13(11-2-6-22(18,19)9-11)16-12(14-15-3-5-21-14)7-10-1-4-20-8-10/h1,3-5,8,11-12H,2,6-7,9H2,(H,16,17)/t11-,12-/m0/s1. The molecule has 3 rings (SSSR count). The Balaban J connectivity index is 1.71. The summed E-state index contributed by atoms with van der Waals surface area (Å²) in [5.74, 6) is -0.550. The summed E-state index contributed by atoms with van der Waals surface area (Å²) in [6.45, 7) is 0. The summed E-state index contributed by atoms with van der Waals surface area (Å²) < 4.78 is 23.1. The first-order valence-corrected chi connectivity index (χ1v) is 10.6. The monoisotopic (exact) mass is 356 g/mol. The average Bonchev–Trinajstić information content (AvgIpc) is 3.18. The normalized spacial score (nSPS) is 21.5. The summed E-state index contributed by atoms with van der Waals surface area (Å²) in [6.07, 6.45) is 2.80. The lowest BCUT2D eigenvalue weighted by Gasteiger charge is -2.18. The van der Waals surface area contributed by atoms with E-state index in [2.05, 4.69) is 10.3 Å². The number of aromatic nitrogens is 1. The molecule has 0 radical (unpaired) electrons. The van der Waals surface area contributed by atoms with Gasteiger partial charge in [-0.3, -0.25) is 4.79 Å². The van der Waals surface area contributed by atoms with E-state index in [1.807, 2.05) is 22.2 Å². The number of sulfone groups is 1. The first kappa shape index (κ1) is 15.6. The van der Waals surface area contributed by atoms with Gasteiger partial charge in [-0.25, -0.2) is 13.4 Å². The van der Waals surface area contributed by atoms with Crippen LogP contribution in [0.1, 0.15) is 23.0 Å². The largest absolute Gasteiger partial charge is 0.346 e. The Morgan fingerprint density at radius 1 is 1.45 bits per heavy atom. The van der Waals surface area contributed by atoms with Gasteiger partial charge in [0.1, 0.15) is 5.01 Å². The van der Waals surface area contributed by atoms with Crippen LogP contribution < -0.4 is 5.32 Å². The summed E-state index contributed by atoms with van der Waals surface area (Å²) >= 11 is 3.11. The van der Waals surface area contributed by atoms with Gasteiger partial charge in [-0.15, -0.1) is 11.3 Å². The van der Waals surface area contributed by atoms with Crippen LogP contribution in [0, 0.1) is 5.92 Å². The van der Waals surface area contributed by atoms with Gasteiger partial charge in [-0.05, 0) is 28.8 Å². The first-order valence-electron chi connectivity index (χ1n) is 6.95. The van der Waals surface area contributed by atoms with Crippen molar-refractivity contribution >= 4 is 38.4 Å². The van der Waals surface area contributed by atoms with Crippen LogP contribution in [0.3, 0.4) is 0 Å². The fraction of sp³-hybridized carbons (Fsp3) is 0.429. The Bertz CT molecular complexity index is 723. The van der Waals surface area contributed by atoms with Crippen molar-refractivity contribution in [3.63, 3.8) is 0 Å². The van der Waals surface area contributed by atoms with Crippen LogP contribution >= 0.6 is 22.7 Å². The Labute approximate surface area is 137 Å². The predicted molar refractivity (Wildman–Crippen MR) is 87.8 cm³/mol. The molecule has 118 valence electrons. The molecule has 1 amide bonds. The Morgan fingerprint density at radius 2 is 2.32 bits per heavy atom. The second-order valence-corrected chi connectivity index (χ2v) is 9.30. The van der Waals surface area contributed by atoms with Crippen molar-refractivity contribution in [3.05, 3.63) is 39.0 Å². The molecule has 1 aliphatic rings. The van der Waals surface area contributed by atoms with E-state index < -0.39 is 15.8 Å². The molecule has 5 nitrogen and oxygen atoms in total. The van der Waals surface area contributed by atoms with Crippen molar-refractivity contribution < 1.29 is 13.2 Å². The highest BCUT2D eigenvalue weighted by molar-refractivity contribution is 7.91. The minimum Gasteiger partial charge on any atom is -0.346 e. The van der Waals surface area contributed by atoms with Gasteiger partial charge in [-0.1, -0.05) is 0 Å². The van der Waals surface area contributed by atoms with Gasteiger partial charge in [-0.2, -0.15) is 11.3 Å². The number of amides is 1. The van der Waals surface area contributed by atoms with E-state index in [-0.39, 0.29) is 23.5 Å². The van der Waals surface area contributed by atoms with Gasteiger partial charge in [0.2, 0.25) is 5.91 Å². The molecule has 3 heterocycles. The molecule has 0 saturated carbocycles. The van der Waals surface area contributed by atoms with Gasteiger partial charge >= 0.3 is 0 Å². The van der Waals surface area contributed by atoms with Gasteiger partial charge in [0.05, 0.1) is 23.5 Å². The molecule has 2 atom stereocenters. The summed E-state index contributed by atoms with van der Waals surface area (Å²) in [4.78, 5) is 16.7. The van der Waals surface area contributed by atoms with Crippen LogP contribution in [0.25, 0.3) is 0 Å². The van der Waals surface area contributed by atoms with E-state index in [4.69, 9.17) is 0 Å². The average molecular weight is 356 g/mol. The van der Waals surface area contributed by atoms with Crippen molar-refractivity contribution in [1.82, 2.24) is 10.3 Å². The number of thiophene rings is 1. The van der Waals surface area contributed by atoms with Gasteiger partial charge in [0.15, 0.2) is 9.84 Å². The Kier molecular flexibility index (Phi) is 4.60. The highest BCUT2D eigenvalue weighted by atomic mass is 32.2. The molecular weight excluding hydrogens is 340 g/mol. The van der Waals surface area contributed by atoms with Crippen LogP contribution in [-0.2, 0) is 21.1 Å². The molecule has 22 heavy (non-hydrogen) atoms. The van der Waals surface area contributed by atoms with Crippen molar-refractivity contribution in [2.75, 3.05) is 11.5 Å². The molecule has 0 spiro atoms. The van der Waals surface area contributed by atoms with Gasteiger partial charge in [0.25, 0.3) is 0 Å². The molecule has 0 aromatic carbocycles. The van der Waals surface area contributed by atoms with E-state index in [0.717, 1.165) is 10.6 Å². The smallest absolute Gasteiger partial charge is 0.224 e. The van der Waals surface area contributed by atoms with Crippen LogP contribution in [0.4, 0.5) is 0 Å². The molecule has 8 heteroatoms. The number of rotatable bonds is 5. The minimum atomic E-state index is -3.05. The highest BCUT2D eigenvalue weighted by Crippen LogP contribution is 2.24. The lowest BCUT2D eigenvalue weighted by atomic mass is 10.1. The van der Waals surface area contributed by atoms with Gasteiger partial charge < -0.3 is 5.32 Å². The lowest BCUT2D eigenvalue weighted by molar-refractivity contribution is -0.125. The molecule has 0 unspecified atom stereocenters. The Hall–Kier alpha value is -1.25. The van der Waals surface area contributed by atoms with E-state index in [9.17, 15) is 13.2 Å². The maximum absolute atomic E-state index is 12.4. The van der Waals surface area contributed by atoms with Crippen molar-refractivity contribution in [2.45, 2.75) is 18.9 Å².